The minimum atomic E-state index is -0.571. The van der Waals surface area contributed by atoms with E-state index in [1.165, 1.54) is 0 Å². The highest BCUT2D eigenvalue weighted by atomic mass is 32.2. The van der Waals surface area contributed by atoms with E-state index in [-0.39, 0.29) is 0 Å². The smallest absolute Gasteiger partial charge is 0.313 e. The summed E-state index contributed by atoms with van der Waals surface area (Å²) >= 11 is 1.63. The van der Waals surface area contributed by atoms with Crippen LogP contribution in [-0.4, -0.2) is 49.1 Å². The van der Waals surface area contributed by atoms with Crippen molar-refractivity contribution < 1.29 is 9.59 Å². The van der Waals surface area contributed by atoms with E-state index in [0.29, 0.717) is 18.8 Å². The van der Waals surface area contributed by atoms with Crippen molar-refractivity contribution in [1.29, 1.82) is 0 Å². The summed E-state index contributed by atoms with van der Waals surface area (Å²) in [6, 6.07) is 7.43. The first-order valence-electron chi connectivity index (χ1n) is 6.16. The van der Waals surface area contributed by atoms with Crippen LogP contribution in [0.2, 0.25) is 0 Å². The molecule has 2 amide bonds. The molecular weight excluding hydrogens is 262 g/mol. The molecule has 0 bridgehead atoms. The molecule has 0 radical (unpaired) electrons. The monoisotopic (exact) mass is 279 g/mol. The van der Waals surface area contributed by atoms with E-state index >= 15 is 0 Å². The molecule has 1 aliphatic rings. The summed E-state index contributed by atoms with van der Waals surface area (Å²) in [5.74, 6) is -1.03. The van der Waals surface area contributed by atoms with Gasteiger partial charge in [-0.2, -0.15) is 0 Å². The lowest BCUT2D eigenvalue weighted by atomic mass is 10.3. The van der Waals surface area contributed by atoms with Gasteiger partial charge in [0.1, 0.15) is 0 Å². The van der Waals surface area contributed by atoms with Crippen LogP contribution in [-0.2, 0) is 9.59 Å². The topological polar surface area (TPSA) is 61.4 Å². The quantitative estimate of drug-likeness (QED) is 0.620. The van der Waals surface area contributed by atoms with Crippen LogP contribution < -0.4 is 10.6 Å². The van der Waals surface area contributed by atoms with Crippen molar-refractivity contribution in [3.8, 4) is 0 Å². The summed E-state index contributed by atoms with van der Waals surface area (Å²) in [7, 11) is 0. The van der Waals surface area contributed by atoms with Gasteiger partial charge in [0.05, 0.1) is 0 Å². The molecule has 1 aliphatic heterocycles. The van der Waals surface area contributed by atoms with Gasteiger partial charge in [0.25, 0.3) is 0 Å². The van der Waals surface area contributed by atoms with Crippen LogP contribution >= 0.6 is 11.8 Å². The zero-order valence-corrected chi connectivity index (χ0v) is 11.6. The molecule has 1 aromatic carbocycles. The van der Waals surface area contributed by atoms with Crippen molar-refractivity contribution in [1.82, 2.24) is 10.2 Å². The highest BCUT2D eigenvalue weighted by Gasteiger charge is 2.23. The number of nitrogens with one attached hydrogen (secondary N) is 2. The van der Waals surface area contributed by atoms with Crippen molar-refractivity contribution in [2.75, 3.05) is 37.8 Å². The molecule has 0 spiro atoms. The molecule has 1 aromatic rings. The third kappa shape index (κ3) is 3.71. The molecule has 0 aliphatic carbocycles. The Morgan fingerprint density at radius 3 is 2.42 bits per heavy atom. The molecule has 102 valence electrons. The predicted molar refractivity (Wildman–Crippen MR) is 76.3 cm³/mol. The van der Waals surface area contributed by atoms with Gasteiger partial charge in [-0.15, -0.1) is 11.8 Å². The molecular formula is C13H17N3O2S. The number of anilines is 1. The van der Waals surface area contributed by atoms with Crippen LogP contribution in [0.1, 0.15) is 0 Å². The van der Waals surface area contributed by atoms with Crippen LogP contribution in [0, 0.1) is 0 Å². The maximum Gasteiger partial charge on any atom is 0.313 e. The average molecular weight is 279 g/mol. The Kier molecular flexibility index (Phi) is 4.81. The fraction of sp³-hybridized carbons (Fsp3) is 0.385. The van der Waals surface area contributed by atoms with Gasteiger partial charge in [-0.05, 0) is 30.5 Å². The molecule has 1 saturated heterocycles. The van der Waals surface area contributed by atoms with E-state index in [1.54, 1.807) is 28.8 Å². The Morgan fingerprint density at radius 2 is 1.84 bits per heavy atom. The van der Waals surface area contributed by atoms with Crippen LogP contribution in [0.3, 0.4) is 0 Å². The van der Waals surface area contributed by atoms with Gasteiger partial charge >= 0.3 is 11.8 Å². The summed E-state index contributed by atoms with van der Waals surface area (Å²) in [5.41, 5.74) is 0.645. The average Bonchev–Trinajstić information content (AvgIpc) is 2.48. The molecule has 0 unspecified atom stereocenters. The maximum absolute atomic E-state index is 11.9. The van der Waals surface area contributed by atoms with Crippen LogP contribution in [0.15, 0.2) is 29.2 Å². The number of nitrogens with zero attached hydrogens (tertiary/aromatic N) is 1. The number of rotatable bonds is 2. The van der Waals surface area contributed by atoms with E-state index in [4.69, 9.17) is 0 Å². The number of hydrogen-bond donors (Lipinski definition) is 2. The second-order valence-corrected chi connectivity index (χ2v) is 5.10. The van der Waals surface area contributed by atoms with Crippen molar-refractivity contribution in [2.45, 2.75) is 4.90 Å². The maximum atomic E-state index is 11.9. The molecule has 1 fully saturated rings. The summed E-state index contributed by atoms with van der Waals surface area (Å²) < 4.78 is 0. The number of carbonyl (C=O) groups is 2. The third-order valence-corrected chi connectivity index (χ3v) is 3.69. The molecule has 2 N–H and O–H groups in total. The Balaban J connectivity index is 1.93. The molecule has 19 heavy (non-hydrogen) atoms. The molecule has 5 nitrogen and oxygen atoms in total. The fourth-order valence-electron chi connectivity index (χ4n) is 1.87. The first kappa shape index (κ1) is 13.9. The molecule has 0 saturated carbocycles. The lowest BCUT2D eigenvalue weighted by Gasteiger charge is -2.26. The first-order chi connectivity index (χ1) is 9.20. The molecule has 2 rings (SSSR count). The number of amides is 2. The number of carbonyl (C=O) groups excluding carboxylic acids is 2. The summed E-state index contributed by atoms with van der Waals surface area (Å²) in [4.78, 5) is 26.4. The van der Waals surface area contributed by atoms with Gasteiger partial charge in [0, 0.05) is 36.8 Å². The summed E-state index contributed by atoms with van der Waals surface area (Å²) in [5, 5.41) is 5.77. The highest BCUT2D eigenvalue weighted by molar-refractivity contribution is 7.98. The van der Waals surface area contributed by atoms with Gasteiger partial charge in [-0.25, -0.2) is 0 Å². The van der Waals surface area contributed by atoms with Crippen LogP contribution in [0.25, 0.3) is 0 Å². The van der Waals surface area contributed by atoms with Crippen molar-refractivity contribution in [3.05, 3.63) is 24.3 Å². The molecule has 0 aromatic heterocycles. The minimum Gasteiger partial charge on any atom is -0.332 e. The standard InChI is InChI=1S/C13H17N3O2S/c1-19-11-4-2-10(3-5-11)15-12(17)13(18)16-8-6-14-7-9-16/h2-5,14H,6-9H2,1H3,(H,15,17). The van der Waals surface area contributed by atoms with Crippen LogP contribution in [0.5, 0.6) is 0 Å². The zero-order chi connectivity index (χ0) is 13.7. The largest absolute Gasteiger partial charge is 0.332 e. The van der Waals surface area contributed by atoms with E-state index < -0.39 is 11.8 Å². The van der Waals surface area contributed by atoms with Crippen molar-refractivity contribution in [3.63, 3.8) is 0 Å². The van der Waals surface area contributed by atoms with E-state index in [2.05, 4.69) is 10.6 Å². The molecule has 0 atom stereocenters. The normalized spacial score (nSPS) is 15.1. The van der Waals surface area contributed by atoms with E-state index in [9.17, 15) is 9.59 Å². The Hall–Kier alpha value is -1.53. The van der Waals surface area contributed by atoms with Gasteiger partial charge in [0.2, 0.25) is 0 Å². The van der Waals surface area contributed by atoms with Gasteiger partial charge in [-0.1, -0.05) is 0 Å². The van der Waals surface area contributed by atoms with E-state index in [1.807, 2.05) is 18.4 Å². The lowest BCUT2D eigenvalue weighted by Crippen LogP contribution is -2.49. The Bertz CT molecular complexity index is 455. The van der Waals surface area contributed by atoms with E-state index in [0.717, 1.165) is 18.0 Å². The van der Waals surface area contributed by atoms with Gasteiger partial charge in [-0.3, -0.25) is 9.59 Å². The third-order valence-electron chi connectivity index (χ3n) is 2.95. The van der Waals surface area contributed by atoms with Crippen molar-refractivity contribution >= 4 is 29.3 Å². The number of piperazine rings is 1. The number of hydrogen-bond acceptors (Lipinski definition) is 4. The number of benzene rings is 1. The minimum absolute atomic E-state index is 0.463. The zero-order valence-electron chi connectivity index (χ0n) is 10.8. The first-order valence-corrected chi connectivity index (χ1v) is 7.38. The summed E-state index contributed by atoms with van der Waals surface area (Å²) in [6.07, 6.45) is 1.99. The van der Waals surface area contributed by atoms with Gasteiger partial charge < -0.3 is 15.5 Å². The highest BCUT2D eigenvalue weighted by Crippen LogP contribution is 2.17. The SMILES string of the molecule is CSc1ccc(NC(=O)C(=O)N2CCNCC2)cc1. The predicted octanol–water partition coefficient (Wildman–Crippen LogP) is 0.779. The molecule has 1 heterocycles. The Morgan fingerprint density at radius 1 is 1.21 bits per heavy atom. The number of thioether (sulfide) groups is 1. The van der Waals surface area contributed by atoms with Gasteiger partial charge in [0.15, 0.2) is 0 Å². The molecule has 6 heteroatoms. The Labute approximate surface area is 116 Å². The van der Waals surface area contributed by atoms with Crippen molar-refractivity contribution in [2.24, 2.45) is 0 Å². The van der Waals surface area contributed by atoms with Crippen LogP contribution in [0.4, 0.5) is 5.69 Å². The second-order valence-electron chi connectivity index (χ2n) is 4.22. The second kappa shape index (κ2) is 6.58. The lowest BCUT2D eigenvalue weighted by molar-refractivity contribution is -0.143. The summed E-state index contributed by atoms with van der Waals surface area (Å²) in [6.45, 7) is 2.64. The fourth-order valence-corrected chi connectivity index (χ4v) is 2.28.